The average Bonchev–Trinajstić information content (AvgIpc) is 3.19. The van der Waals surface area contributed by atoms with E-state index in [1.165, 1.54) is 30.0 Å². The zero-order valence-corrected chi connectivity index (χ0v) is 16.0. The van der Waals surface area contributed by atoms with Crippen LogP contribution < -0.4 is 10.0 Å². The maximum absolute atomic E-state index is 12.6. The van der Waals surface area contributed by atoms with Crippen molar-refractivity contribution in [2.45, 2.75) is 14.9 Å². The second kappa shape index (κ2) is 6.77. The number of anilines is 1. The van der Waals surface area contributed by atoms with Gasteiger partial charge in [-0.3, -0.25) is 19.6 Å². The molecule has 2 aromatic carbocycles. The van der Waals surface area contributed by atoms with Gasteiger partial charge in [-0.05, 0) is 54.2 Å². The Labute approximate surface area is 164 Å². The van der Waals surface area contributed by atoms with Crippen LogP contribution in [0.2, 0.25) is 0 Å². The molecule has 2 N–H and O–H groups in total. The van der Waals surface area contributed by atoms with Crippen LogP contribution in [0.5, 0.6) is 0 Å². The fourth-order valence-corrected chi connectivity index (χ4v) is 4.44. The molecule has 11 heteroatoms. The molecule has 4 rings (SSSR count). The molecule has 28 heavy (non-hydrogen) atoms. The Morgan fingerprint density at radius 3 is 2.43 bits per heavy atom. The SMILES string of the molecule is Cn1cnnc1Sc1ccc(NS(=O)(=O)c2ccc3c(c2)C(=O)NC3=O)cc1. The molecule has 3 aromatic rings. The van der Waals surface area contributed by atoms with Crippen molar-refractivity contribution >= 4 is 39.3 Å². The van der Waals surface area contributed by atoms with Crippen molar-refractivity contribution in [1.29, 1.82) is 0 Å². The number of carbonyl (C=O) groups excluding carboxylic acids is 2. The van der Waals surface area contributed by atoms with Gasteiger partial charge in [0, 0.05) is 17.6 Å². The molecule has 1 aliphatic rings. The Hall–Kier alpha value is -3.18. The Balaban J connectivity index is 1.54. The number of sulfonamides is 1. The second-order valence-electron chi connectivity index (χ2n) is 5.95. The summed E-state index contributed by atoms with van der Waals surface area (Å²) in [7, 11) is -2.09. The van der Waals surface area contributed by atoms with Crippen LogP contribution in [0.4, 0.5) is 5.69 Å². The van der Waals surface area contributed by atoms with E-state index in [1.807, 2.05) is 7.05 Å². The van der Waals surface area contributed by atoms with Gasteiger partial charge in [0.1, 0.15) is 6.33 Å². The molecule has 0 unspecified atom stereocenters. The average molecular weight is 415 g/mol. The quantitative estimate of drug-likeness (QED) is 0.607. The Morgan fingerprint density at radius 2 is 1.75 bits per heavy atom. The van der Waals surface area contributed by atoms with E-state index >= 15 is 0 Å². The number of amides is 2. The summed E-state index contributed by atoms with van der Waals surface area (Å²) in [6.07, 6.45) is 1.59. The normalized spacial score (nSPS) is 13.3. The van der Waals surface area contributed by atoms with E-state index in [4.69, 9.17) is 0 Å². The van der Waals surface area contributed by atoms with Crippen LogP contribution in [0.25, 0.3) is 0 Å². The lowest BCUT2D eigenvalue weighted by Gasteiger charge is -2.09. The van der Waals surface area contributed by atoms with E-state index < -0.39 is 21.8 Å². The van der Waals surface area contributed by atoms with Gasteiger partial charge in [0.15, 0.2) is 5.16 Å². The van der Waals surface area contributed by atoms with E-state index in [2.05, 4.69) is 20.2 Å². The minimum atomic E-state index is -3.92. The standard InChI is InChI=1S/C17H13N5O4S2/c1-22-9-18-20-17(22)27-11-4-2-10(3-5-11)21-28(25,26)12-6-7-13-14(8-12)16(24)19-15(13)23/h2-9,21H,1H3,(H,19,23,24). The van der Waals surface area contributed by atoms with E-state index in [-0.39, 0.29) is 16.0 Å². The highest BCUT2D eigenvalue weighted by Gasteiger charge is 2.28. The Kier molecular flexibility index (Phi) is 4.40. The number of benzene rings is 2. The number of nitrogens with zero attached hydrogens (tertiary/aromatic N) is 3. The first kappa shape index (κ1) is 18.2. The molecular formula is C17H13N5O4S2. The zero-order valence-electron chi connectivity index (χ0n) is 14.4. The van der Waals surface area contributed by atoms with Crippen molar-refractivity contribution in [2.24, 2.45) is 7.05 Å². The molecule has 0 fully saturated rings. The summed E-state index contributed by atoms with van der Waals surface area (Å²) in [5, 5.41) is 10.6. The molecule has 1 aliphatic heterocycles. The number of aromatic nitrogens is 3. The number of aryl methyl sites for hydroxylation is 1. The summed E-state index contributed by atoms with van der Waals surface area (Å²) in [5.74, 6) is -1.14. The maximum Gasteiger partial charge on any atom is 0.261 e. The third-order valence-electron chi connectivity index (χ3n) is 4.00. The summed E-state index contributed by atoms with van der Waals surface area (Å²) in [6.45, 7) is 0. The minimum Gasteiger partial charge on any atom is -0.311 e. The first-order valence-corrected chi connectivity index (χ1v) is 10.3. The zero-order chi connectivity index (χ0) is 19.9. The Morgan fingerprint density at radius 1 is 1.04 bits per heavy atom. The fourth-order valence-electron chi connectivity index (χ4n) is 2.59. The molecular weight excluding hydrogens is 402 g/mol. The van der Waals surface area contributed by atoms with Gasteiger partial charge >= 0.3 is 0 Å². The lowest BCUT2D eigenvalue weighted by Crippen LogP contribution is -2.19. The topological polar surface area (TPSA) is 123 Å². The number of imide groups is 1. The highest BCUT2D eigenvalue weighted by Crippen LogP contribution is 2.27. The van der Waals surface area contributed by atoms with Crippen molar-refractivity contribution in [3.8, 4) is 0 Å². The Bertz CT molecular complexity index is 1200. The monoisotopic (exact) mass is 415 g/mol. The van der Waals surface area contributed by atoms with E-state index in [0.29, 0.717) is 10.8 Å². The molecule has 2 amide bonds. The number of hydrogen-bond donors (Lipinski definition) is 2. The highest BCUT2D eigenvalue weighted by atomic mass is 32.2. The minimum absolute atomic E-state index is 0.0447. The lowest BCUT2D eigenvalue weighted by molar-refractivity contribution is 0.0879. The van der Waals surface area contributed by atoms with Crippen LogP contribution in [-0.4, -0.2) is 35.0 Å². The molecule has 0 spiro atoms. The van der Waals surface area contributed by atoms with Gasteiger partial charge < -0.3 is 4.57 Å². The van der Waals surface area contributed by atoms with Crippen molar-refractivity contribution < 1.29 is 18.0 Å². The second-order valence-corrected chi connectivity index (χ2v) is 8.67. The van der Waals surface area contributed by atoms with Crippen molar-refractivity contribution in [1.82, 2.24) is 20.1 Å². The van der Waals surface area contributed by atoms with E-state index in [0.717, 1.165) is 4.90 Å². The smallest absolute Gasteiger partial charge is 0.261 e. The van der Waals surface area contributed by atoms with Gasteiger partial charge in [-0.2, -0.15) is 0 Å². The predicted octanol–water partition coefficient (Wildman–Crippen LogP) is 1.65. The van der Waals surface area contributed by atoms with Crippen LogP contribution in [0, 0.1) is 0 Å². The fraction of sp³-hybridized carbons (Fsp3) is 0.0588. The van der Waals surface area contributed by atoms with Gasteiger partial charge in [0.25, 0.3) is 21.8 Å². The summed E-state index contributed by atoms with van der Waals surface area (Å²) in [4.78, 5) is 24.1. The van der Waals surface area contributed by atoms with Gasteiger partial charge in [0.2, 0.25) is 0 Å². The molecule has 9 nitrogen and oxygen atoms in total. The van der Waals surface area contributed by atoms with Gasteiger partial charge in [0.05, 0.1) is 16.0 Å². The van der Waals surface area contributed by atoms with Crippen molar-refractivity contribution in [3.63, 3.8) is 0 Å². The third-order valence-corrected chi connectivity index (χ3v) is 6.44. The number of fused-ring (bicyclic) bond motifs is 1. The van der Waals surface area contributed by atoms with E-state index in [9.17, 15) is 18.0 Å². The predicted molar refractivity (Wildman–Crippen MR) is 101 cm³/mol. The first-order chi connectivity index (χ1) is 13.3. The van der Waals surface area contributed by atoms with Crippen molar-refractivity contribution in [3.05, 3.63) is 59.9 Å². The van der Waals surface area contributed by atoms with Crippen LogP contribution in [-0.2, 0) is 17.1 Å². The molecule has 2 heterocycles. The maximum atomic E-state index is 12.6. The molecule has 0 atom stereocenters. The van der Waals surface area contributed by atoms with Gasteiger partial charge in [-0.25, -0.2) is 8.42 Å². The van der Waals surface area contributed by atoms with E-state index in [1.54, 1.807) is 35.2 Å². The van der Waals surface area contributed by atoms with Crippen LogP contribution in [0.1, 0.15) is 20.7 Å². The molecule has 1 aromatic heterocycles. The molecule has 0 aliphatic carbocycles. The van der Waals surface area contributed by atoms with Crippen LogP contribution in [0.3, 0.4) is 0 Å². The summed E-state index contributed by atoms with van der Waals surface area (Å²) < 4.78 is 29.5. The molecule has 0 radical (unpaired) electrons. The molecule has 0 bridgehead atoms. The number of rotatable bonds is 5. The third kappa shape index (κ3) is 3.37. The summed E-state index contributed by atoms with van der Waals surface area (Å²) in [5.41, 5.74) is 0.570. The number of nitrogens with one attached hydrogen (secondary N) is 2. The number of hydrogen-bond acceptors (Lipinski definition) is 7. The molecule has 142 valence electrons. The summed E-state index contributed by atoms with van der Waals surface area (Å²) in [6, 6.07) is 10.6. The highest BCUT2D eigenvalue weighted by molar-refractivity contribution is 7.99. The molecule has 0 saturated carbocycles. The summed E-state index contributed by atoms with van der Waals surface area (Å²) >= 11 is 1.39. The molecule has 0 saturated heterocycles. The van der Waals surface area contributed by atoms with Crippen LogP contribution >= 0.6 is 11.8 Å². The van der Waals surface area contributed by atoms with Gasteiger partial charge in [-0.15, -0.1) is 10.2 Å². The largest absolute Gasteiger partial charge is 0.311 e. The van der Waals surface area contributed by atoms with Gasteiger partial charge in [-0.1, -0.05) is 0 Å². The lowest BCUT2D eigenvalue weighted by atomic mass is 10.1. The number of carbonyl (C=O) groups is 2. The first-order valence-electron chi connectivity index (χ1n) is 7.98. The van der Waals surface area contributed by atoms with Crippen molar-refractivity contribution in [2.75, 3.05) is 4.72 Å². The van der Waals surface area contributed by atoms with Crippen LogP contribution in [0.15, 0.2) is 63.7 Å².